The van der Waals surface area contributed by atoms with Crippen molar-refractivity contribution in [3.05, 3.63) is 94.5 Å². The van der Waals surface area contributed by atoms with E-state index in [0.29, 0.717) is 36.4 Å². The summed E-state index contributed by atoms with van der Waals surface area (Å²) in [5, 5.41) is 20.2. The minimum atomic E-state index is -0.246. The Morgan fingerprint density at radius 2 is 1.32 bits per heavy atom. The Bertz CT molecular complexity index is 1150. The van der Waals surface area contributed by atoms with Gasteiger partial charge in [-0.1, -0.05) is 50.2 Å². The Labute approximate surface area is 200 Å². The zero-order valence-corrected chi connectivity index (χ0v) is 19.7. The second kappa shape index (κ2) is 10.1. The summed E-state index contributed by atoms with van der Waals surface area (Å²) in [6.07, 6.45) is 3.05. The van der Waals surface area contributed by atoms with Gasteiger partial charge in [-0.25, -0.2) is 0 Å². The van der Waals surface area contributed by atoms with Gasteiger partial charge in [-0.15, -0.1) is 0 Å². The number of carbonyl (C=O) groups excluding carboxylic acids is 2. The summed E-state index contributed by atoms with van der Waals surface area (Å²) < 4.78 is 0. The molecule has 2 atom stereocenters. The van der Waals surface area contributed by atoms with E-state index in [9.17, 15) is 19.8 Å². The molecule has 1 aliphatic heterocycles. The number of carbonyl (C=O) groups is 2. The van der Waals surface area contributed by atoms with E-state index in [-0.39, 0.29) is 29.2 Å². The number of rotatable bonds is 9. The highest BCUT2D eigenvalue weighted by atomic mass is 16.3. The molecule has 34 heavy (non-hydrogen) atoms. The van der Waals surface area contributed by atoms with Crippen molar-refractivity contribution in [2.75, 3.05) is 6.54 Å². The molecular formula is C29H31NO4. The molecule has 0 fully saturated rings. The van der Waals surface area contributed by atoms with Crippen LogP contribution in [-0.2, 0) is 6.42 Å². The number of nitrogens with zero attached hydrogens (tertiary/aromatic N) is 1. The Morgan fingerprint density at radius 1 is 0.765 bits per heavy atom. The number of aromatic hydroxyl groups is 2. The van der Waals surface area contributed by atoms with E-state index in [1.165, 1.54) is 10.5 Å². The van der Waals surface area contributed by atoms with Gasteiger partial charge < -0.3 is 10.2 Å². The maximum absolute atomic E-state index is 12.6. The lowest BCUT2D eigenvalue weighted by Crippen LogP contribution is -2.30. The monoisotopic (exact) mass is 457 g/mol. The number of aryl methyl sites for hydroxylation is 1. The summed E-state index contributed by atoms with van der Waals surface area (Å²) in [7, 11) is 0. The van der Waals surface area contributed by atoms with Crippen LogP contribution in [0.3, 0.4) is 0 Å². The highest BCUT2D eigenvalue weighted by Crippen LogP contribution is 2.39. The zero-order valence-electron chi connectivity index (χ0n) is 19.7. The summed E-state index contributed by atoms with van der Waals surface area (Å²) in [5.74, 6) is 0.565. The Balaban J connectivity index is 1.48. The molecule has 0 bridgehead atoms. The number of amides is 2. The van der Waals surface area contributed by atoms with Crippen molar-refractivity contribution >= 4 is 11.8 Å². The van der Waals surface area contributed by atoms with Gasteiger partial charge >= 0.3 is 0 Å². The zero-order chi connectivity index (χ0) is 24.2. The number of fused-ring (bicyclic) bond motifs is 1. The summed E-state index contributed by atoms with van der Waals surface area (Å²) in [6, 6.07) is 20.1. The topological polar surface area (TPSA) is 77.8 Å². The lowest BCUT2D eigenvalue weighted by Gasteiger charge is -2.27. The van der Waals surface area contributed by atoms with Crippen LogP contribution in [0.4, 0.5) is 0 Å². The first-order valence-corrected chi connectivity index (χ1v) is 12.0. The third kappa shape index (κ3) is 4.56. The van der Waals surface area contributed by atoms with Crippen LogP contribution in [0, 0.1) is 0 Å². The van der Waals surface area contributed by atoms with E-state index < -0.39 is 0 Å². The minimum absolute atomic E-state index is 0.235. The molecule has 2 unspecified atom stereocenters. The minimum Gasteiger partial charge on any atom is -0.508 e. The molecule has 0 saturated heterocycles. The van der Waals surface area contributed by atoms with Crippen molar-refractivity contribution in [1.82, 2.24) is 4.90 Å². The third-order valence-electron chi connectivity index (χ3n) is 6.92. The summed E-state index contributed by atoms with van der Waals surface area (Å²) in [6.45, 7) is 4.66. The second-order valence-corrected chi connectivity index (χ2v) is 8.92. The number of hydrogen-bond donors (Lipinski definition) is 2. The first kappa shape index (κ1) is 23.6. The molecule has 1 heterocycles. The highest BCUT2D eigenvalue weighted by Gasteiger charge is 2.34. The Morgan fingerprint density at radius 3 is 1.91 bits per heavy atom. The van der Waals surface area contributed by atoms with Crippen LogP contribution in [0.25, 0.3) is 0 Å². The molecule has 4 rings (SSSR count). The first-order valence-electron chi connectivity index (χ1n) is 12.0. The van der Waals surface area contributed by atoms with E-state index in [1.54, 1.807) is 42.5 Å². The molecule has 1 aliphatic rings. The van der Waals surface area contributed by atoms with Gasteiger partial charge in [-0.3, -0.25) is 14.5 Å². The average Bonchev–Trinajstić information content (AvgIpc) is 3.09. The summed E-state index contributed by atoms with van der Waals surface area (Å²) in [4.78, 5) is 26.5. The van der Waals surface area contributed by atoms with Gasteiger partial charge in [-0.05, 0) is 84.5 Å². The molecule has 0 radical (unpaired) electrons. The fourth-order valence-corrected chi connectivity index (χ4v) is 5.13. The van der Waals surface area contributed by atoms with E-state index in [0.717, 1.165) is 24.0 Å². The normalized spacial score (nSPS) is 14.8. The molecule has 0 spiro atoms. The lowest BCUT2D eigenvalue weighted by molar-refractivity contribution is 0.0652. The number of phenolic OH excluding ortho intramolecular Hbond substituents is 2. The van der Waals surface area contributed by atoms with Crippen LogP contribution in [0.5, 0.6) is 11.5 Å². The number of benzene rings is 3. The van der Waals surface area contributed by atoms with Crippen LogP contribution in [0.1, 0.15) is 82.4 Å². The molecule has 3 aromatic carbocycles. The predicted molar refractivity (Wildman–Crippen MR) is 132 cm³/mol. The maximum Gasteiger partial charge on any atom is 0.261 e. The number of imide groups is 1. The maximum atomic E-state index is 12.6. The van der Waals surface area contributed by atoms with Gasteiger partial charge in [0.25, 0.3) is 11.8 Å². The van der Waals surface area contributed by atoms with Gasteiger partial charge in [0.1, 0.15) is 11.5 Å². The molecule has 2 N–H and O–H groups in total. The highest BCUT2D eigenvalue weighted by molar-refractivity contribution is 6.21. The van der Waals surface area contributed by atoms with Crippen molar-refractivity contribution < 1.29 is 19.8 Å². The number of hydrogen-bond acceptors (Lipinski definition) is 4. The standard InChI is InChI=1S/C29H31NO4/c1-3-23(19-11-14-22(31)15-12-19)24(4-2)20-13-16-27(32)21(18-20)8-7-17-30-28(33)25-9-5-6-10-26(25)29(30)34/h5-6,9-16,18,23-24,31-32H,3-4,7-8,17H2,1-2H3. The van der Waals surface area contributed by atoms with E-state index in [4.69, 9.17) is 0 Å². The van der Waals surface area contributed by atoms with Crippen molar-refractivity contribution in [3.63, 3.8) is 0 Å². The van der Waals surface area contributed by atoms with Gasteiger partial charge in [0.2, 0.25) is 0 Å². The van der Waals surface area contributed by atoms with E-state index >= 15 is 0 Å². The smallest absolute Gasteiger partial charge is 0.261 e. The molecule has 0 aliphatic carbocycles. The number of phenols is 2. The van der Waals surface area contributed by atoms with Crippen LogP contribution in [0.15, 0.2) is 66.7 Å². The van der Waals surface area contributed by atoms with Gasteiger partial charge in [0.05, 0.1) is 11.1 Å². The molecule has 176 valence electrons. The van der Waals surface area contributed by atoms with E-state index in [1.807, 2.05) is 18.2 Å². The fourth-order valence-electron chi connectivity index (χ4n) is 5.13. The third-order valence-corrected chi connectivity index (χ3v) is 6.92. The van der Waals surface area contributed by atoms with Crippen molar-refractivity contribution in [2.24, 2.45) is 0 Å². The predicted octanol–water partition coefficient (Wildman–Crippen LogP) is 6.01. The van der Waals surface area contributed by atoms with Crippen molar-refractivity contribution in [2.45, 2.75) is 51.4 Å². The second-order valence-electron chi connectivity index (χ2n) is 8.92. The quantitative estimate of drug-likeness (QED) is 0.386. The molecule has 2 amide bonds. The average molecular weight is 458 g/mol. The molecule has 3 aromatic rings. The molecular weight excluding hydrogens is 426 g/mol. The fraction of sp³-hybridized carbons (Fsp3) is 0.310. The van der Waals surface area contributed by atoms with Gasteiger partial charge in [0, 0.05) is 6.54 Å². The molecule has 5 nitrogen and oxygen atoms in total. The first-order chi connectivity index (χ1) is 16.4. The summed E-state index contributed by atoms with van der Waals surface area (Å²) >= 11 is 0. The van der Waals surface area contributed by atoms with Crippen LogP contribution >= 0.6 is 0 Å². The van der Waals surface area contributed by atoms with Crippen LogP contribution in [-0.4, -0.2) is 33.5 Å². The van der Waals surface area contributed by atoms with E-state index in [2.05, 4.69) is 19.9 Å². The van der Waals surface area contributed by atoms with Crippen molar-refractivity contribution in [3.8, 4) is 11.5 Å². The SMILES string of the molecule is CCC(c1ccc(O)cc1)C(CC)c1ccc(O)c(CCCN2C(=O)c3ccccc3C2=O)c1. The Kier molecular flexibility index (Phi) is 7.01. The van der Waals surface area contributed by atoms with Gasteiger partial charge in [-0.2, -0.15) is 0 Å². The molecule has 5 heteroatoms. The summed E-state index contributed by atoms with van der Waals surface area (Å²) in [5.41, 5.74) is 4.10. The Hall–Kier alpha value is -3.60. The van der Waals surface area contributed by atoms with Crippen LogP contribution in [0.2, 0.25) is 0 Å². The molecule has 0 aromatic heterocycles. The van der Waals surface area contributed by atoms with Crippen LogP contribution < -0.4 is 0 Å². The lowest BCUT2D eigenvalue weighted by atomic mass is 9.78. The van der Waals surface area contributed by atoms with Crippen molar-refractivity contribution in [1.29, 1.82) is 0 Å². The van der Waals surface area contributed by atoms with Gasteiger partial charge in [0.15, 0.2) is 0 Å². The molecule has 0 saturated carbocycles. The largest absolute Gasteiger partial charge is 0.508 e.